The van der Waals surface area contributed by atoms with Crippen LogP contribution in [0.4, 0.5) is 22.7 Å². The number of nitrogens with zero attached hydrogens (tertiary/aromatic N) is 4. The summed E-state index contributed by atoms with van der Waals surface area (Å²) in [5, 5.41) is 1.32. The van der Waals surface area contributed by atoms with Crippen LogP contribution in [0.25, 0.3) is 45.1 Å². The van der Waals surface area contributed by atoms with E-state index >= 15 is 0 Å². The maximum absolute atomic E-state index is 7.45. The van der Waals surface area contributed by atoms with E-state index in [1.165, 1.54) is 94.7 Å². The van der Waals surface area contributed by atoms with Crippen LogP contribution in [-0.2, 0) is 32.5 Å². The van der Waals surface area contributed by atoms with Crippen LogP contribution in [0.15, 0.2) is 194 Å². The highest BCUT2D eigenvalue weighted by molar-refractivity contribution is 6.02. The molecule has 3 aliphatic carbocycles. The van der Waals surface area contributed by atoms with Gasteiger partial charge in [-0.2, -0.15) is 0 Å². The summed E-state index contributed by atoms with van der Waals surface area (Å²) in [4.78, 5) is 10.2. The quantitative estimate of drug-likeness (QED) is 0.159. The first kappa shape index (κ1) is 54.5. The molecular weight excluding hydrogens is 1030 g/mol. The minimum Gasteiger partial charge on any atom is -0.457 e. The fraction of sp³-hybridized carbons (Fsp3) is 0.287. The van der Waals surface area contributed by atoms with Gasteiger partial charge in [0.25, 0.3) is 0 Å². The molecule has 5 nitrogen and oxygen atoms in total. The fourth-order valence-corrected chi connectivity index (χ4v) is 14.8. The van der Waals surface area contributed by atoms with E-state index in [0.717, 1.165) is 46.3 Å². The molecule has 0 radical (unpaired) electrons. The standard InChI is InChI=1S/C80H80N4O/c1-75(2,3)52-38-39-81-71(45-52)84-69-37-25-34-65-72(69)73-66(80(65)63-32-20-18-30-61(63)79(13,14)62-31-19-21-33-64(62)80)47-58(48-70(73)84)85-57-29-24-28-56(46-57)82-49-83(68-36-23-22-35-67(68)82)74-59(50-26-16-15-17-27-50)43-55(78(10,11)12)44-60(74)51-40-53(76(4,5)6)42-54(41-51)77(7,8)9/h15-33,35-48,65H,34,49H2,1-14H3. The number of ether oxygens (including phenoxy) is 1. The highest BCUT2D eigenvalue weighted by atomic mass is 16.5. The average molecular weight is 1110 g/mol. The van der Waals surface area contributed by atoms with Crippen molar-refractivity contribution in [1.29, 1.82) is 0 Å². The number of benzene rings is 8. The molecule has 5 heteroatoms. The Morgan fingerprint density at radius 2 is 1.05 bits per heavy atom. The van der Waals surface area contributed by atoms with Gasteiger partial charge in [0.05, 0.1) is 33.7 Å². The van der Waals surface area contributed by atoms with Crippen molar-refractivity contribution in [1.82, 2.24) is 9.55 Å². The summed E-state index contributed by atoms with van der Waals surface area (Å²) in [7, 11) is 0. The van der Waals surface area contributed by atoms with Gasteiger partial charge in [0.15, 0.2) is 0 Å². The summed E-state index contributed by atoms with van der Waals surface area (Å²) in [6, 6.07) is 68.9. The first-order valence-electron chi connectivity index (χ1n) is 30.8. The topological polar surface area (TPSA) is 33.5 Å². The van der Waals surface area contributed by atoms with E-state index < -0.39 is 5.41 Å². The Kier molecular flexibility index (Phi) is 12.2. The molecule has 2 aromatic heterocycles. The lowest BCUT2D eigenvalue weighted by Crippen LogP contribution is -2.43. The van der Waals surface area contributed by atoms with Crippen molar-refractivity contribution in [2.45, 2.75) is 142 Å². The molecule has 0 N–H and O–H groups in total. The molecule has 0 amide bonds. The van der Waals surface area contributed by atoms with Gasteiger partial charge in [-0.25, -0.2) is 4.98 Å². The van der Waals surface area contributed by atoms with Crippen molar-refractivity contribution in [2.75, 3.05) is 16.5 Å². The molecule has 85 heavy (non-hydrogen) atoms. The molecule has 0 saturated heterocycles. The number of hydrogen-bond acceptors (Lipinski definition) is 4. The van der Waals surface area contributed by atoms with Crippen LogP contribution in [0.1, 0.15) is 171 Å². The van der Waals surface area contributed by atoms with Gasteiger partial charge in [0.1, 0.15) is 24.0 Å². The van der Waals surface area contributed by atoms with Gasteiger partial charge in [-0.15, -0.1) is 0 Å². The number of hydrogen-bond donors (Lipinski definition) is 0. The number of allylic oxidation sites excluding steroid dienone is 1. The Balaban J connectivity index is 0.941. The second kappa shape index (κ2) is 19.0. The molecule has 14 rings (SSSR count). The second-order valence-corrected chi connectivity index (χ2v) is 29.3. The molecule has 0 fully saturated rings. The molecule has 1 aliphatic heterocycles. The van der Waals surface area contributed by atoms with Gasteiger partial charge in [0.2, 0.25) is 0 Å². The van der Waals surface area contributed by atoms with Gasteiger partial charge in [-0.1, -0.05) is 218 Å². The summed E-state index contributed by atoms with van der Waals surface area (Å²) in [6.45, 7) is 33.3. The maximum Gasteiger partial charge on any atom is 0.137 e. The molecule has 0 saturated carbocycles. The predicted molar refractivity (Wildman–Crippen MR) is 357 cm³/mol. The molecule has 1 atom stereocenters. The normalized spacial score (nSPS) is 16.5. The van der Waals surface area contributed by atoms with Gasteiger partial charge < -0.3 is 14.5 Å². The monoisotopic (exact) mass is 1110 g/mol. The van der Waals surface area contributed by atoms with Crippen LogP contribution in [0, 0.1) is 0 Å². The predicted octanol–water partition coefficient (Wildman–Crippen LogP) is 21.1. The lowest BCUT2D eigenvalue weighted by atomic mass is 9.53. The summed E-state index contributed by atoms with van der Waals surface area (Å²) in [5.74, 6) is 2.67. The van der Waals surface area contributed by atoms with E-state index in [9.17, 15) is 0 Å². The lowest BCUT2D eigenvalue weighted by molar-refractivity contribution is 0.446. The number of pyridine rings is 1. The SMILES string of the molecule is CC(C)(C)c1cc(-c2cc(C(C)(C)C)cc(-c3ccccc3)c2N2CN(c3cccc(Oc4cc5c6c7c(n(-c8cc(C(C)(C)C)ccn8)c6c4)C=CCC7C54c5ccccc5C(C)(C)c5ccccc54)c3)c3ccccc32)cc(C(C)(C)C)c1. The molecule has 0 bridgehead atoms. The van der Waals surface area contributed by atoms with Crippen LogP contribution in [0.5, 0.6) is 11.5 Å². The smallest absolute Gasteiger partial charge is 0.137 e. The van der Waals surface area contributed by atoms with Gasteiger partial charge >= 0.3 is 0 Å². The van der Waals surface area contributed by atoms with Gasteiger partial charge in [-0.05, 0) is 156 Å². The van der Waals surface area contributed by atoms with Gasteiger partial charge in [-0.3, -0.25) is 4.57 Å². The third kappa shape index (κ3) is 8.57. The fourth-order valence-electron chi connectivity index (χ4n) is 14.8. The van der Waals surface area contributed by atoms with Crippen molar-refractivity contribution in [2.24, 2.45) is 0 Å². The van der Waals surface area contributed by atoms with Crippen LogP contribution in [-0.4, -0.2) is 16.2 Å². The maximum atomic E-state index is 7.45. The van der Waals surface area contributed by atoms with Crippen LogP contribution in [0.2, 0.25) is 0 Å². The largest absolute Gasteiger partial charge is 0.457 e. The Morgan fingerprint density at radius 3 is 1.67 bits per heavy atom. The van der Waals surface area contributed by atoms with E-state index in [4.69, 9.17) is 9.72 Å². The zero-order valence-electron chi connectivity index (χ0n) is 52.2. The van der Waals surface area contributed by atoms with Crippen LogP contribution < -0.4 is 14.5 Å². The molecule has 10 aromatic rings. The Labute approximate surface area is 504 Å². The third-order valence-corrected chi connectivity index (χ3v) is 19.4. The average Bonchev–Trinajstić information content (AvgIpc) is 1.54. The van der Waals surface area contributed by atoms with E-state index in [1.54, 1.807) is 0 Å². The van der Waals surface area contributed by atoms with Crippen molar-refractivity contribution in [3.8, 4) is 39.6 Å². The van der Waals surface area contributed by atoms with E-state index in [-0.39, 0.29) is 33.0 Å². The number of rotatable bonds is 7. The lowest BCUT2D eigenvalue weighted by Gasteiger charge is -2.49. The molecule has 426 valence electrons. The minimum absolute atomic E-state index is 0.0571. The number of fused-ring (bicyclic) bond motifs is 7. The molecular formula is C80H80N4O. The van der Waals surface area contributed by atoms with E-state index in [1.807, 2.05) is 6.20 Å². The number of anilines is 4. The minimum atomic E-state index is -0.459. The van der Waals surface area contributed by atoms with Crippen molar-refractivity contribution >= 4 is 39.7 Å². The highest BCUT2D eigenvalue weighted by Crippen LogP contribution is 2.67. The number of aromatic nitrogens is 2. The zero-order valence-corrected chi connectivity index (χ0v) is 52.2. The van der Waals surface area contributed by atoms with Crippen molar-refractivity contribution in [3.05, 3.63) is 256 Å². The van der Waals surface area contributed by atoms with E-state index in [2.05, 4.69) is 305 Å². The van der Waals surface area contributed by atoms with Crippen molar-refractivity contribution in [3.63, 3.8) is 0 Å². The summed E-state index contributed by atoms with van der Waals surface area (Å²) in [6.07, 6.45) is 7.69. The van der Waals surface area contributed by atoms with E-state index in [0.29, 0.717) is 6.67 Å². The van der Waals surface area contributed by atoms with Crippen LogP contribution >= 0.6 is 0 Å². The van der Waals surface area contributed by atoms with Crippen LogP contribution in [0.3, 0.4) is 0 Å². The number of para-hydroxylation sites is 2. The molecule has 8 aromatic carbocycles. The molecule has 3 heterocycles. The first-order chi connectivity index (χ1) is 40.4. The zero-order chi connectivity index (χ0) is 59.3. The summed E-state index contributed by atoms with van der Waals surface area (Å²) in [5.41, 5.74) is 24.3. The van der Waals surface area contributed by atoms with Crippen molar-refractivity contribution < 1.29 is 4.74 Å². The Bertz CT molecular complexity index is 4290. The highest BCUT2D eigenvalue weighted by Gasteiger charge is 2.58. The molecule has 4 aliphatic rings. The Morgan fingerprint density at radius 1 is 0.482 bits per heavy atom. The first-order valence-corrected chi connectivity index (χ1v) is 30.8. The molecule has 1 unspecified atom stereocenters. The second-order valence-electron chi connectivity index (χ2n) is 29.3. The van der Waals surface area contributed by atoms with Gasteiger partial charge in [0, 0.05) is 51.9 Å². The molecule has 1 spiro atoms. The summed E-state index contributed by atoms with van der Waals surface area (Å²) >= 11 is 0. The summed E-state index contributed by atoms with van der Waals surface area (Å²) < 4.78 is 9.88. The Hall–Kier alpha value is -8.41. The third-order valence-electron chi connectivity index (χ3n) is 19.4.